The zero-order valence-electron chi connectivity index (χ0n) is 14.1. The molecule has 0 atom stereocenters. The highest BCUT2D eigenvalue weighted by atomic mass is 19.1. The van der Waals surface area contributed by atoms with Gasteiger partial charge in [0.2, 0.25) is 0 Å². The van der Waals surface area contributed by atoms with Gasteiger partial charge in [-0.15, -0.1) is 0 Å². The lowest BCUT2D eigenvalue weighted by Crippen LogP contribution is -2.01. The van der Waals surface area contributed by atoms with Crippen LogP contribution in [-0.2, 0) is 6.54 Å². The number of halogens is 1. The lowest BCUT2D eigenvalue weighted by Gasteiger charge is -2.05. The van der Waals surface area contributed by atoms with Crippen molar-refractivity contribution in [1.29, 1.82) is 0 Å². The predicted molar refractivity (Wildman–Crippen MR) is 98.2 cm³/mol. The molecule has 0 spiro atoms. The van der Waals surface area contributed by atoms with E-state index < -0.39 is 0 Å². The minimum Gasteiger partial charge on any atom is -0.327 e. The van der Waals surface area contributed by atoms with Crippen LogP contribution in [0.25, 0.3) is 22.4 Å². The van der Waals surface area contributed by atoms with E-state index in [1.165, 1.54) is 24.5 Å². The van der Waals surface area contributed by atoms with Crippen LogP contribution in [0, 0.1) is 5.82 Å². The topological polar surface area (TPSA) is 43.6 Å². The fourth-order valence-corrected chi connectivity index (χ4v) is 3.34. The number of rotatable bonds is 4. The Morgan fingerprint density at radius 3 is 2.58 bits per heavy atom. The number of pyridine rings is 1. The van der Waals surface area contributed by atoms with Crippen molar-refractivity contribution < 1.29 is 4.39 Å². The van der Waals surface area contributed by atoms with Crippen LogP contribution in [0.1, 0.15) is 29.9 Å². The number of nitrogens with zero attached hydrogens (tertiary/aromatic N) is 4. The van der Waals surface area contributed by atoms with Crippen molar-refractivity contribution in [3.63, 3.8) is 0 Å². The van der Waals surface area contributed by atoms with Crippen molar-refractivity contribution in [2.45, 2.75) is 25.3 Å². The number of fused-ring (bicyclic) bond motifs is 1. The Morgan fingerprint density at radius 1 is 1.00 bits per heavy atom. The minimum atomic E-state index is -0.211. The van der Waals surface area contributed by atoms with Gasteiger partial charge in [0.25, 0.3) is 0 Å². The molecule has 0 saturated heterocycles. The fraction of sp³-hybridized carbons (Fsp3) is 0.190. The van der Waals surface area contributed by atoms with E-state index in [2.05, 4.69) is 15.0 Å². The summed E-state index contributed by atoms with van der Waals surface area (Å²) in [6, 6.07) is 10.7. The van der Waals surface area contributed by atoms with Crippen LogP contribution >= 0.6 is 0 Å². The Bertz CT molecular complexity index is 1080. The second-order valence-corrected chi connectivity index (χ2v) is 6.75. The first kappa shape index (κ1) is 15.2. The first-order chi connectivity index (χ1) is 12.8. The molecule has 0 N–H and O–H groups in total. The van der Waals surface area contributed by atoms with Crippen molar-refractivity contribution in [3.05, 3.63) is 78.1 Å². The largest absolute Gasteiger partial charge is 0.327 e. The van der Waals surface area contributed by atoms with E-state index in [1.807, 2.05) is 41.4 Å². The summed E-state index contributed by atoms with van der Waals surface area (Å²) >= 11 is 0. The summed E-state index contributed by atoms with van der Waals surface area (Å²) < 4.78 is 16.0. The molecule has 3 aromatic heterocycles. The third-order valence-electron chi connectivity index (χ3n) is 4.89. The summed E-state index contributed by atoms with van der Waals surface area (Å²) in [4.78, 5) is 13.6. The summed E-state index contributed by atoms with van der Waals surface area (Å²) in [6.45, 7) is 0.417. The van der Waals surface area contributed by atoms with E-state index >= 15 is 0 Å². The highest BCUT2D eigenvalue weighted by Crippen LogP contribution is 2.39. The zero-order chi connectivity index (χ0) is 17.5. The van der Waals surface area contributed by atoms with Gasteiger partial charge in [-0.3, -0.25) is 0 Å². The minimum absolute atomic E-state index is 0.211. The van der Waals surface area contributed by atoms with Gasteiger partial charge in [-0.2, -0.15) is 0 Å². The number of hydrogen-bond donors (Lipinski definition) is 0. The summed E-state index contributed by atoms with van der Waals surface area (Å²) in [5, 5.41) is 0.975. The number of benzene rings is 1. The molecule has 5 rings (SSSR count). The Labute approximate surface area is 150 Å². The van der Waals surface area contributed by atoms with Gasteiger partial charge < -0.3 is 4.57 Å². The van der Waals surface area contributed by atoms with E-state index in [0.717, 1.165) is 16.6 Å². The van der Waals surface area contributed by atoms with E-state index in [1.54, 1.807) is 18.3 Å². The van der Waals surface area contributed by atoms with Gasteiger partial charge in [-0.25, -0.2) is 19.3 Å². The van der Waals surface area contributed by atoms with Crippen molar-refractivity contribution in [2.24, 2.45) is 0 Å². The van der Waals surface area contributed by atoms with Crippen LogP contribution in [0.15, 0.2) is 61.2 Å². The molecule has 128 valence electrons. The lowest BCUT2D eigenvalue weighted by molar-refractivity contribution is 0.601. The second-order valence-electron chi connectivity index (χ2n) is 6.75. The van der Waals surface area contributed by atoms with E-state index in [4.69, 9.17) is 0 Å². The molecule has 0 bridgehead atoms. The number of hydrogen-bond acceptors (Lipinski definition) is 3. The fourth-order valence-electron chi connectivity index (χ4n) is 3.34. The van der Waals surface area contributed by atoms with E-state index in [0.29, 0.717) is 23.9 Å². The molecule has 1 aliphatic carbocycles. The SMILES string of the molecule is Fc1ccccc1Cn1cc(-c2ncc(C3CC3)cn2)c2cccnc21. The smallest absolute Gasteiger partial charge is 0.161 e. The molecular formula is C21H17FN4. The normalized spacial score (nSPS) is 14.0. The molecule has 0 unspecified atom stereocenters. The molecule has 1 aromatic carbocycles. The molecule has 1 aliphatic rings. The van der Waals surface area contributed by atoms with Gasteiger partial charge in [-0.1, -0.05) is 18.2 Å². The van der Waals surface area contributed by atoms with Gasteiger partial charge in [0.05, 0.1) is 6.54 Å². The average molecular weight is 344 g/mol. The summed E-state index contributed by atoms with van der Waals surface area (Å²) in [7, 11) is 0. The van der Waals surface area contributed by atoms with Crippen LogP contribution < -0.4 is 0 Å². The average Bonchev–Trinajstić information content (AvgIpc) is 3.47. The molecule has 4 aromatic rings. The zero-order valence-corrected chi connectivity index (χ0v) is 14.1. The third-order valence-corrected chi connectivity index (χ3v) is 4.89. The van der Waals surface area contributed by atoms with Crippen molar-refractivity contribution >= 4 is 11.0 Å². The molecule has 0 amide bonds. The quantitative estimate of drug-likeness (QED) is 0.545. The first-order valence-electron chi connectivity index (χ1n) is 8.79. The predicted octanol–water partition coefficient (Wildman–Crippen LogP) is 4.56. The molecular weight excluding hydrogens is 327 g/mol. The van der Waals surface area contributed by atoms with Gasteiger partial charge in [0.1, 0.15) is 11.5 Å². The van der Waals surface area contributed by atoms with Crippen LogP contribution in [0.5, 0.6) is 0 Å². The lowest BCUT2D eigenvalue weighted by atomic mass is 10.2. The van der Waals surface area contributed by atoms with Crippen LogP contribution in [-0.4, -0.2) is 19.5 Å². The third kappa shape index (κ3) is 2.65. The highest BCUT2D eigenvalue weighted by molar-refractivity contribution is 5.92. The molecule has 0 aliphatic heterocycles. The summed E-state index contributed by atoms with van der Waals surface area (Å²) in [6.07, 6.45) is 10.0. The standard InChI is InChI=1S/C21H17FN4/c22-19-6-2-1-4-15(19)12-26-13-18(17-5-3-9-23-21(17)26)20-24-10-16(11-25-20)14-7-8-14/h1-6,9-11,13-14H,7-8,12H2. The molecule has 1 saturated carbocycles. The highest BCUT2D eigenvalue weighted by Gasteiger charge is 2.24. The molecule has 0 radical (unpaired) electrons. The maximum atomic E-state index is 14.1. The Balaban J connectivity index is 1.59. The Hall–Kier alpha value is -3.08. The van der Waals surface area contributed by atoms with Gasteiger partial charge >= 0.3 is 0 Å². The second kappa shape index (κ2) is 6.02. The summed E-state index contributed by atoms with van der Waals surface area (Å²) in [5.74, 6) is 1.10. The van der Waals surface area contributed by atoms with E-state index in [9.17, 15) is 4.39 Å². The van der Waals surface area contributed by atoms with Crippen LogP contribution in [0.3, 0.4) is 0 Å². The van der Waals surface area contributed by atoms with Gasteiger partial charge in [-0.05, 0) is 42.5 Å². The summed E-state index contributed by atoms with van der Waals surface area (Å²) in [5.41, 5.74) is 3.57. The maximum Gasteiger partial charge on any atom is 0.161 e. The molecule has 26 heavy (non-hydrogen) atoms. The maximum absolute atomic E-state index is 14.1. The molecule has 3 heterocycles. The van der Waals surface area contributed by atoms with Crippen LogP contribution in [0.2, 0.25) is 0 Å². The van der Waals surface area contributed by atoms with Gasteiger partial charge in [0, 0.05) is 41.3 Å². The molecule has 5 heteroatoms. The van der Waals surface area contributed by atoms with Crippen molar-refractivity contribution in [3.8, 4) is 11.4 Å². The monoisotopic (exact) mass is 344 g/mol. The molecule has 1 fully saturated rings. The molecule has 4 nitrogen and oxygen atoms in total. The first-order valence-corrected chi connectivity index (χ1v) is 8.79. The van der Waals surface area contributed by atoms with Crippen LogP contribution in [0.4, 0.5) is 4.39 Å². The van der Waals surface area contributed by atoms with Crippen molar-refractivity contribution in [2.75, 3.05) is 0 Å². The van der Waals surface area contributed by atoms with E-state index in [-0.39, 0.29) is 5.82 Å². The van der Waals surface area contributed by atoms with Crippen molar-refractivity contribution in [1.82, 2.24) is 19.5 Å². The van der Waals surface area contributed by atoms with Gasteiger partial charge in [0.15, 0.2) is 5.82 Å². The Kier molecular flexibility index (Phi) is 3.52. The Morgan fingerprint density at radius 2 is 1.81 bits per heavy atom. The number of aromatic nitrogens is 4.